The predicted molar refractivity (Wildman–Crippen MR) is 194 cm³/mol. The lowest BCUT2D eigenvalue weighted by molar-refractivity contribution is -0.147. The van der Waals surface area contributed by atoms with Gasteiger partial charge in [0.25, 0.3) is 0 Å². The van der Waals surface area contributed by atoms with E-state index < -0.39 is 78.8 Å². The second kappa shape index (κ2) is 20.8. The third-order valence-electron chi connectivity index (χ3n) is 8.52. The highest BCUT2D eigenvalue weighted by Gasteiger charge is 2.31. The number of esters is 2. The van der Waals surface area contributed by atoms with E-state index in [0.717, 1.165) is 29.4 Å². The third kappa shape index (κ3) is 12.3. The first-order chi connectivity index (χ1) is 25.8. The lowest BCUT2D eigenvalue weighted by atomic mass is 9.98. The van der Waals surface area contributed by atoms with Crippen molar-refractivity contribution in [2.45, 2.75) is 76.5 Å². The summed E-state index contributed by atoms with van der Waals surface area (Å²) < 4.78 is 15.1. The van der Waals surface area contributed by atoms with Gasteiger partial charge in [-0.15, -0.1) is 0 Å². The van der Waals surface area contributed by atoms with E-state index in [-0.39, 0.29) is 44.2 Å². The van der Waals surface area contributed by atoms with E-state index in [9.17, 15) is 38.4 Å². The van der Waals surface area contributed by atoms with Crippen LogP contribution < -0.4 is 26.6 Å². The van der Waals surface area contributed by atoms with Crippen molar-refractivity contribution in [1.29, 1.82) is 0 Å². The van der Waals surface area contributed by atoms with Crippen molar-refractivity contribution in [3.8, 4) is 11.1 Å². The zero-order valence-corrected chi connectivity index (χ0v) is 30.7. The number of hydrogen-bond donors (Lipinski definition) is 5. The minimum absolute atomic E-state index is 0.00313. The van der Waals surface area contributed by atoms with Gasteiger partial charge in [0.15, 0.2) is 0 Å². The standard InChI is InChI=1S/C38H47N5O11/c1-6-18-53-37(50)30(17-16-22(3)44)42-36(49)29(7-2)41-32(45)20-39-35(48)31(19-33(46)52-5)43-34(47)23(4)40-38(51)54-21-28-26-14-10-8-12-24(26)25-13-9-11-15-27(25)28/h6,8-15,23,28-31H,1,7,16-21H2,2-5H3,(H,39,48)(H,40,51)(H,41,45)(H,42,49)(H,43,47). The molecule has 4 unspecified atom stereocenters. The minimum atomic E-state index is -1.50. The van der Waals surface area contributed by atoms with Crippen LogP contribution >= 0.6 is 0 Å². The smallest absolute Gasteiger partial charge is 0.407 e. The summed E-state index contributed by atoms with van der Waals surface area (Å²) in [6.45, 7) is 7.00. The molecule has 290 valence electrons. The molecule has 0 bridgehead atoms. The van der Waals surface area contributed by atoms with Crippen molar-refractivity contribution in [2.75, 3.05) is 26.9 Å². The van der Waals surface area contributed by atoms with E-state index in [0.29, 0.717) is 0 Å². The van der Waals surface area contributed by atoms with Crippen molar-refractivity contribution in [3.05, 3.63) is 72.3 Å². The number of rotatable bonds is 20. The van der Waals surface area contributed by atoms with Gasteiger partial charge in [0.2, 0.25) is 23.6 Å². The SMILES string of the molecule is C=CCOC(=O)C(CCC(C)=O)NC(=O)C(CC)NC(=O)CNC(=O)C(CC(=O)OC)NC(=O)C(C)NC(=O)OCC1c2ccccc2-c2ccccc21. The maximum absolute atomic E-state index is 13.1. The molecule has 5 amide bonds. The quantitative estimate of drug-likeness (QED) is 0.0742. The summed E-state index contributed by atoms with van der Waals surface area (Å²) in [5.41, 5.74) is 4.11. The number of amides is 5. The second-order valence-corrected chi connectivity index (χ2v) is 12.5. The maximum Gasteiger partial charge on any atom is 0.407 e. The van der Waals surface area contributed by atoms with E-state index >= 15 is 0 Å². The number of alkyl carbamates (subject to hydrolysis) is 1. The molecule has 0 aliphatic heterocycles. The van der Waals surface area contributed by atoms with Crippen molar-refractivity contribution >= 4 is 47.4 Å². The minimum Gasteiger partial charge on any atom is -0.469 e. The first-order valence-corrected chi connectivity index (χ1v) is 17.4. The van der Waals surface area contributed by atoms with Crippen molar-refractivity contribution in [1.82, 2.24) is 26.6 Å². The summed E-state index contributed by atoms with van der Waals surface area (Å²) in [6.07, 6.45) is -0.0592. The van der Waals surface area contributed by atoms with Gasteiger partial charge in [0.1, 0.15) is 43.2 Å². The first kappa shape index (κ1) is 42.4. The topological polar surface area (TPSA) is 224 Å². The Bertz CT molecular complexity index is 1680. The fourth-order valence-electron chi connectivity index (χ4n) is 5.64. The number of benzene rings is 2. The number of Topliss-reactive ketones (excluding diaryl/α,β-unsaturated/α-hetero) is 1. The van der Waals surface area contributed by atoms with Crippen LogP contribution in [0.15, 0.2) is 61.2 Å². The van der Waals surface area contributed by atoms with Crippen LogP contribution in [0.5, 0.6) is 0 Å². The van der Waals surface area contributed by atoms with Gasteiger partial charge in [-0.25, -0.2) is 9.59 Å². The lowest BCUT2D eigenvalue weighted by Crippen LogP contribution is -2.55. The fraction of sp³-hybridized carbons (Fsp3) is 0.421. The van der Waals surface area contributed by atoms with E-state index in [4.69, 9.17) is 9.47 Å². The van der Waals surface area contributed by atoms with Gasteiger partial charge in [-0.3, -0.25) is 24.0 Å². The number of carbonyl (C=O) groups is 8. The van der Waals surface area contributed by atoms with E-state index in [2.05, 4.69) is 37.9 Å². The highest BCUT2D eigenvalue weighted by atomic mass is 16.5. The average Bonchev–Trinajstić information content (AvgIpc) is 3.48. The molecule has 16 heteroatoms. The summed E-state index contributed by atoms with van der Waals surface area (Å²) in [5, 5.41) is 12.0. The molecule has 0 spiro atoms. The van der Waals surface area contributed by atoms with Gasteiger partial charge in [-0.1, -0.05) is 68.1 Å². The highest BCUT2D eigenvalue weighted by Crippen LogP contribution is 2.44. The fourth-order valence-corrected chi connectivity index (χ4v) is 5.64. The van der Waals surface area contributed by atoms with Crippen molar-refractivity contribution in [3.63, 3.8) is 0 Å². The number of hydrogen-bond acceptors (Lipinski definition) is 11. The third-order valence-corrected chi connectivity index (χ3v) is 8.52. The summed E-state index contributed by atoms with van der Waals surface area (Å²) in [4.78, 5) is 101. The Labute approximate surface area is 313 Å². The lowest BCUT2D eigenvalue weighted by Gasteiger charge is -2.22. The largest absolute Gasteiger partial charge is 0.469 e. The van der Waals surface area contributed by atoms with Crippen LogP contribution in [0.3, 0.4) is 0 Å². The van der Waals surface area contributed by atoms with Crippen LogP contribution in [0.4, 0.5) is 4.79 Å². The zero-order chi connectivity index (χ0) is 39.8. The van der Waals surface area contributed by atoms with E-state index in [1.807, 2.05) is 48.5 Å². The first-order valence-electron chi connectivity index (χ1n) is 17.4. The van der Waals surface area contributed by atoms with E-state index in [1.54, 1.807) is 6.92 Å². The van der Waals surface area contributed by atoms with Crippen LogP contribution in [0.1, 0.15) is 63.5 Å². The Morgan fingerprint density at radius 1 is 0.796 bits per heavy atom. The predicted octanol–water partition coefficient (Wildman–Crippen LogP) is 1.56. The molecule has 2 aromatic carbocycles. The molecule has 2 aromatic rings. The average molecular weight is 750 g/mol. The van der Waals surface area contributed by atoms with Crippen LogP contribution in [0.25, 0.3) is 11.1 Å². The number of nitrogens with one attached hydrogen (secondary N) is 5. The second-order valence-electron chi connectivity index (χ2n) is 12.5. The molecule has 0 fully saturated rings. The Morgan fingerprint density at radius 2 is 1.41 bits per heavy atom. The molecular formula is C38H47N5O11. The number of fused-ring (bicyclic) bond motifs is 3. The molecule has 54 heavy (non-hydrogen) atoms. The van der Waals surface area contributed by atoms with Gasteiger partial charge >= 0.3 is 18.0 Å². The van der Waals surface area contributed by atoms with Gasteiger partial charge in [0.05, 0.1) is 20.1 Å². The highest BCUT2D eigenvalue weighted by molar-refractivity contribution is 5.96. The Morgan fingerprint density at radius 3 is 1.98 bits per heavy atom. The van der Waals surface area contributed by atoms with Crippen LogP contribution in [0, 0.1) is 0 Å². The van der Waals surface area contributed by atoms with Crippen LogP contribution in [-0.2, 0) is 47.8 Å². The molecule has 0 radical (unpaired) electrons. The summed E-state index contributed by atoms with van der Waals surface area (Å²) in [5.74, 6) is -5.31. The summed E-state index contributed by atoms with van der Waals surface area (Å²) >= 11 is 0. The van der Waals surface area contributed by atoms with Crippen molar-refractivity contribution < 1.29 is 52.6 Å². The van der Waals surface area contributed by atoms with Gasteiger partial charge in [-0.05, 0) is 48.9 Å². The summed E-state index contributed by atoms with van der Waals surface area (Å²) in [7, 11) is 1.09. The molecule has 3 rings (SSSR count). The van der Waals surface area contributed by atoms with Crippen molar-refractivity contribution in [2.24, 2.45) is 0 Å². The molecule has 0 saturated heterocycles. The number of carbonyl (C=O) groups excluding carboxylic acids is 8. The molecule has 1 aliphatic carbocycles. The summed E-state index contributed by atoms with van der Waals surface area (Å²) in [6, 6.07) is 10.6. The molecule has 0 saturated carbocycles. The molecule has 4 atom stereocenters. The van der Waals surface area contributed by atoms with Gasteiger partial charge in [-0.2, -0.15) is 0 Å². The van der Waals surface area contributed by atoms with Gasteiger partial charge in [0, 0.05) is 12.3 Å². The van der Waals surface area contributed by atoms with Gasteiger partial charge < -0.3 is 45.6 Å². The monoisotopic (exact) mass is 749 g/mol. The zero-order valence-electron chi connectivity index (χ0n) is 30.7. The Kier molecular flexibility index (Phi) is 16.3. The Balaban J connectivity index is 1.54. The molecule has 0 aromatic heterocycles. The normalized spacial score (nSPS) is 13.6. The maximum atomic E-state index is 13.1. The number of methoxy groups -OCH3 is 1. The number of ether oxygens (including phenoxy) is 3. The van der Waals surface area contributed by atoms with Crippen LogP contribution in [0.2, 0.25) is 0 Å². The van der Waals surface area contributed by atoms with Crippen LogP contribution in [-0.4, -0.2) is 98.5 Å². The Hall–Kier alpha value is -6.06. The molecular weight excluding hydrogens is 702 g/mol. The molecule has 16 nitrogen and oxygen atoms in total. The molecule has 1 aliphatic rings. The van der Waals surface area contributed by atoms with E-state index in [1.165, 1.54) is 19.9 Å². The molecule has 5 N–H and O–H groups in total. The molecule has 0 heterocycles. The number of ketones is 1.